The number of hydrogen-bond donors (Lipinski definition) is 0. The molecule has 0 saturated carbocycles. The Morgan fingerprint density at radius 1 is 1.24 bits per heavy atom. The van der Waals surface area contributed by atoms with E-state index in [-0.39, 0.29) is 11.6 Å². The smallest absolute Gasteiger partial charge is 0.196 e. The first-order valence-corrected chi connectivity index (χ1v) is 8.84. The van der Waals surface area contributed by atoms with E-state index in [0.29, 0.717) is 15.7 Å². The van der Waals surface area contributed by atoms with Gasteiger partial charge in [-0.1, -0.05) is 29.4 Å². The van der Waals surface area contributed by atoms with Gasteiger partial charge < -0.3 is 0 Å². The summed E-state index contributed by atoms with van der Waals surface area (Å²) in [7, 11) is 0. The molecule has 25 heavy (non-hydrogen) atoms. The summed E-state index contributed by atoms with van der Waals surface area (Å²) >= 11 is 7.48. The summed E-state index contributed by atoms with van der Waals surface area (Å²) in [5, 5.41) is 8.87. The molecule has 0 aliphatic carbocycles. The number of ketones is 1. The minimum atomic E-state index is -0.394. The molecule has 0 aliphatic heterocycles. The Morgan fingerprint density at radius 2 is 1.96 bits per heavy atom. The van der Waals surface area contributed by atoms with Crippen LogP contribution in [0, 0.1) is 12.7 Å². The van der Waals surface area contributed by atoms with Gasteiger partial charge in [0.2, 0.25) is 0 Å². The molecule has 0 amide bonds. The number of rotatable bonds is 5. The Bertz CT molecular complexity index is 911. The van der Waals surface area contributed by atoms with E-state index in [0.717, 1.165) is 11.3 Å². The number of aromatic nitrogens is 3. The number of benzene rings is 2. The highest BCUT2D eigenvalue weighted by atomic mass is 35.5. The molecular weight excluding hydrogens is 361 g/mol. The highest BCUT2D eigenvalue weighted by Gasteiger charge is 2.20. The molecule has 0 bridgehead atoms. The van der Waals surface area contributed by atoms with E-state index in [2.05, 4.69) is 10.2 Å². The number of aryl methyl sites for hydroxylation is 1. The number of Topliss-reactive ketones (excluding diaryl/α,β-unsaturated/α-hetero) is 1. The molecule has 1 aromatic heterocycles. The van der Waals surface area contributed by atoms with Gasteiger partial charge in [-0.2, -0.15) is 0 Å². The SMILES string of the molecule is Cc1ccc(-n2cnnc2SC(C)C(=O)c2ccc(F)cc2)cc1Cl. The number of thioether (sulfide) groups is 1. The predicted molar refractivity (Wildman–Crippen MR) is 97.2 cm³/mol. The van der Waals surface area contributed by atoms with Crippen molar-refractivity contribution in [1.29, 1.82) is 0 Å². The molecule has 0 N–H and O–H groups in total. The van der Waals surface area contributed by atoms with Gasteiger partial charge in [-0.15, -0.1) is 10.2 Å². The number of nitrogens with zero attached hydrogens (tertiary/aromatic N) is 3. The maximum absolute atomic E-state index is 13.0. The first kappa shape index (κ1) is 17.6. The topological polar surface area (TPSA) is 47.8 Å². The van der Waals surface area contributed by atoms with Crippen LogP contribution in [0.15, 0.2) is 53.9 Å². The lowest BCUT2D eigenvalue weighted by Crippen LogP contribution is -2.14. The Labute approximate surface area is 154 Å². The van der Waals surface area contributed by atoms with Crippen LogP contribution in [0.5, 0.6) is 0 Å². The van der Waals surface area contributed by atoms with Crippen molar-refractivity contribution in [1.82, 2.24) is 14.8 Å². The maximum atomic E-state index is 13.0. The van der Waals surface area contributed by atoms with E-state index in [1.807, 2.05) is 25.1 Å². The van der Waals surface area contributed by atoms with Crippen LogP contribution in [0.1, 0.15) is 22.8 Å². The van der Waals surface area contributed by atoms with Gasteiger partial charge in [-0.3, -0.25) is 9.36 Å². The maximum Gasteiger partial charge on any atom is 0.196 e. The molecule has 0 aliphatic rings. The zero-order valence-electron chi connectivity index (χ0n) is 13.6. The Kier molecular flexibility index (Phi) is 5.20. The molecule has 128 valence electrons. The fourth-order valence-corrected chi connectivity index (χ4v) is 3.37. The minimum Gasteiger partial charge on any atom is -0.293 e. The monoisotopic (exact) mass is 375 g/mol. The average molecular weight is 376 g/mol. The summed E-state index contributed by atoms with van der Waals surface area (Å²) in [4.78, 5) is 12.5. The lowest BCUT2D eigenvalue weighted by Gasteiger charge is -2.12. The second-order valence-electron chi connectivity index (χ2n) is 5.55. The molecule has 3 aromatic rings. The number of carbonyl (C=O) groups excluding carboxylic acids is 1. The van der Waals surface area contributed by atoms with Crippen LogP contribution in [0.2, 0.25) is 5.02 Å². The summed E-state index contributed by atoms with van der Waals surface area (Å²) in [6.45, 7) is 3.72. The summed E-state index contributed by atoms with van der Waals surface area (Å²) in [6, 6.07) is 11.2. The quantitative estimate of drug-likeness (QED) is 0.477. The zero-order valence-corrected chi connectivity index (χ0v) is 15.2. The summed E-state index contributed by atoms with van der Waals surface area (Å²) in [6.07, 6.45) is 1.58. The first-order valence-electron chi connectivity index (χ1n) is 7.58. The lowest BCUT2D eigenvalue weighted by molar-refractivity contribution is 0.0994. The van der Waals surface area contributed by atoms with Crippen LogP contribution in [0.3, 0.4) is 0 Å². The largest absolute Gasteiger partial charge is 0.293 e. The third-order valence-corrected chi connectivity index (χ3v) is 5.19. The molecule has 0 fully saturated rings. The third-order valence-electron chi connectivity index (χ3n) is 3.73. The molecule has 3 rings (SSSR count). The highest BCUT2D eigenvalue weighted by Crippen LogP contribution is 2.27. The molecule has 1 unspecified atom stereocenters. The standard InChI is InChI=1S/C18H15ClFN3OS/c1-11-3-8-15(9-16(11)19)23-10-21-22-18(23)25-12(2)17(24)13-4-6-14(20)7-5-13/h3-10,12H,1-2H3. The second kappa shape index (κ2) is 7.37. The molecule has 7 heteroatoms. The van der Waals surface area contributed by atoms with Crippen molar-refractivity contribution in [2.45, 2.75) is 24.3 Å². The van der Waals surface area contributed by atoms with Crippen molar-refractivity contribution >= 4 is 29.1 Å². The van der Waals surface area contributed by atoms with Crippen molar-refractivity contribution in [2.75, 3.05) is 0 Å². The van der Waals surface area contributed by atoms with Crippen LogP contribution < -0.4 is 0 Å². The van der Waals surface area contributed by atoms with Gasteiger partial charge in [-0.25, -0.2) is 4.39 Å². The average Bonchev–Trinajstić information content (AvgIpc) is 3.05. The third kappa shape index (κ3) is 3.91. The molecule has 2 aromatic carbocycles. The van der Waals surface area contributed by atoms with Crippen molar-refractivity contribution in [3.05, 3.63) is 70.8 Å². The Morgan fingerprint density at radius 3 is 2.64 bits per heavy atom. The normalized spacial score (nSPS) is 12.2. The van der Waals surface area contributed by atoms with Crippen molar-refractivity contribution in [2.24, 2.45) is 0 Å². The van der Waals surface area contributed by atoms with E-state index in [9.17, 15) is 9.18 Å². The summed E-state index contributed by atoms with van der Waals surface area (Å²) < 4.78 is 14.8. The molecular formula is C18H15ClFN3OS. The molecule has 4 nitrogen and oxygen atoms in total. The number of halogens is 2. The van der Waals surface area contributed by atoms with Gasteiger partial charge in [-0.05, 0) is 55.8 Å². The first-order chi connectivity index (χ1) is 12.0. The minimum absolute atomic E-state index is 0.0958. The van der Waals surface area contributed by atoms with Crippen LogP contribution >= 0.6 is 23.4 Å². The molecule has 0 radical (unpaired) electrons. The van der Waals surface area contributed by atoms with Crippen LogP contribution in [-0.4, -0.2) is 25.8 Å². The Hall–Kier alpha value is -2.18. The van der Waals surface area contributed by atoms with Gasteiger partial charge >= 0.3 is 0 Å². The fourth-order valence-electron chi connectivity index (χ4n) is 2.27. The van der Waals surface area contributed by atoms with Crippen molar-refractivity contribution in [3.63, 3.8) is 0 Å². The van der Waals surface area contributed by atoms with Gasteiger partial charge in [0.25, 0.3) is 0 Å². The van der Waals surface area contributed by atoms with E-state index >= 15 is 0 Å². The van der Waals surface area contributed by atoms with E-state index in [1.54, 1.807) is 17.8 Å². The molecule has 1 atom stereocenters. The van der Waals surface area contributed by atoms with Gasteiger partial charge in [0.05, 0.1) is 10.9 Å². The van der Waals surface area contributed by atoms with Gasteiger partial charge in [0.15, 0.2) is 10.9 Å². The molecule has 1 heterocycles. The number of carbonyl (C=O) groups is 1. The fraction of sp³-hybridized carbons (Fsp3) is 0.167. The van der Waals surface area contributed by atoms with E-state index in [4.69, 9.17) is 11.6 Å². The van der Waals surface area contributed by atoms with Crippen LogP contribution in [-0.2, 0) is 0 Å². The lowest BCUT2D eigenvalue weighted by atomic mass is 10.1. The van der Waals surface area contributed by atoms with E-state index < -0.39 is 5.25 Å². The molecule has 0 spiro atoms. The molecule has 0 saturated heterocycles. The summed E-state index contributed by atoms with van der Waals surface area (Å²) in [5.41, 5.74) is 2.27. The van der Waals surface area contributed by atoms with Crippen LogP contribution in [0.4, 0.5) is 4.39 Å². The predicted octanol–water partition coefficient (Wildman–Crippen LogP) is 4.73. The number of hydrogen-bond acceptors (Lipinski definition) is 4. The van der Waals surface area contributed by atoms with Crippen molar-refractivity contribution in [3.8, 4) is 5.69 Å². The van der Waals surface area contributed by atoms with Gasteiger partial charge in [0.1, 0.15) is 12.1 Å². The zero-order chi connectivity index (χ0) is 18.0. The van der Waals surface area contributed by atoms with Gasteiger partial charge in [0, 0.05) is 10.6 Å². The van der Waals surface area contributed by atoms with E-state index in [1.165, 1.54) is 36.0 Å². The summed E-state index contributed by atoms with van der Waals surface area (Å²) in [5.74, 6) is -0.464. The van der Waals surface area contributed by atoms with Crippen LogP contribution in [0.25, 0.3) is 5.69 Å². The highest BCUT2D eigenvalue weighted by molar-refractivity contribution is 8.00. The second-order valence-corrected chi connectivity index (χ2v) is 7.26. The Balaban J connectivity index is 1.81. The van der Waals surface area contributed by atoms with Crippen molar-refractivity contribution < 1.29 is 9.18 Å².